The van der Waals surface area contributed by atoms with Crippen molar-refractivity contribution in [3.63, 3.8) is 0 Å². The first-order chi connectivity index (χ1) is 11.0. The van der Waals surface area contributed by atoms with Crippen molar-refractivity contribution in [1.29, 1.82) is 0 Å². The first-order valence-electron chi connectivity index (χ1n) is 7.70. The van der Waals surface area contributed by atoms with E-state index in [0.717, 1.165) is 16.7 Å². The van der Waals surface area contributed by atoms with Crippen molar-refractivity contribution in [3.05, 3.63) is 30.0 Å². The summed E-state index contributed by atoms with van der Waals surface area (Å²) in [5.41, 5.74) is 1.56. The molecule has 23 heavy (non-hydrogen) atoms. The number of hydrogen-bond donors (Lipinski definition) is 0. The lowest BCUT2D eigenvalue weighted by Gasteiger charge is -2.34. The molecule has 0 saturated carbocycles. The van der Waals surface area contributed by atoms with Gasteiger partial charge in [0.2, 0.25) is 5.91 Å². The van der Waals surface area contributed by atoms with Gasteiger partial charge in [0.1, 0.15) is 11.4 Å². The standard InChI is InChI=1S/C17H21N3O3/c1-12(21)19-7-9-20(10-8-19)17(22)14-11-13-5-4-6-15(23-3)16(13)18(14)2/h4-6,11H,7-10H2,1-3H3. The Kier molecular flexibility index (Phi) is 3.98. The van der Waals surface area contributed by atoms with Gasteiger partial charge < -0.3 is 19.1 Å². The van der Waals surface area contributed by atoms with Crippen molar-refractivity contribution >= 4 is 22.7 Å². The van der Waals surface area contributed by atoms with Crippen LogP contribution in [0.25, 0.3) is 10.9 Å². The van der Waals surface area contributed by atoms with Crippen molar-refractivity contribution in [2.45, 2.75) is 6.92 Å². The number of fused-ring (bicyclic) bond motifs is 1. The summed E-state index contributed by atoms with van der Waals surface area (Å²) in [7, 11) is 3.51. The number of carbonyl (C=O) groups is 2. The van der Waals surface area contributed by atoms with E-state index in [2.05, 4.69) is 0 Å². The topological polar surface area (TPSA) is 54.8 Å². The smallest absolute Gasteiger partial charge is 0.270 e. The normalized spacial score (nSPS) is 15.1. The molecule has 0 bridgehead atoms. The molecule has 1 aromatic carbocycles. The highest BCUT2D eigenvalue weighted by Gasteiger charge is 2.25. The number of ether oxygens (including phenoxy) is 1. The van der Waals surface area contributed by atoms with E-state index in [-0.39, 0.29) is 11.8 Å². The molecule has 0 aliphatic carbocycles. The van der Waals surface area contributed by atoms with Crippen LogP contribution < -0.4 is 4.74 Å². The molecule has 3 rings (SSSR count). The lowest BCUT2D eigenvalue weighted by molar-refractivity contribution is -0.130. The Hall–Kier alpha value is -2.50. The van der Waals surface area contributed by atoms with Gasteiger partial charge in [0.05, 0.1) is 12.6 Å². The minimum Gasteiger partial charge on any atom is -0.495 e. The molecule has 0 spiro atoms. The summed E-state index contributed by atoms with van der Waals surface area (Å²) < 4.78 is 7.28. The van der Waals surface area contributed by atoms with Gasteiger partial charge in [-0.05, 0) is 12.1 Å². The zero-order valence-corrected chi connectivity index (χ0v) is 13.7. The van der Waals surface area contributed by atoms with Gasteiger partial charge in [-0.2, -0.15) is 0 Å². The van der Waals surface area contributed by atoms with E-state index in [1.54, 1.807) is 23.8 Å². The van der Waals surface area contributed by atoms with E-state index >= 15 is 0 Å². The molecule has 1 aliphatic rings. The van der Waals surface area contributed by atoms with Gasteiger partial charge in [-0.3, -0.25) is 9.59 Å². The summed E-state index contributed by atoms with van der Waals surface area (Å²) in [6.07, 6.45) is 0. The number of benzene rings is 1. The van der Waals surface area contributed by atoms with Crippen LogP contribution in [0.4, 0.5) is 0 Å². The van der Waals surface area contributed by atoms with E-state index in [9.17, 15) is 9.59 Å². The van der Waals surface area contributed by atoms with E-state index in [0.29, 0.717) is 31.9 Å². The number of nitrogens with zero attached hydrogens (tertiary/aromatic N) is 3. The Morgan fingerprint density at radius 3 is 2.35 bits per heavy atom. The average molecular weight is 315 g/mol. The van der Waals surface area contributed by atoms with Crippen LogP contribution in [0.5, 0.6) is 5.75 Å². The van der Waals surface area contributed by atoms with Crippen LogP contribution in [0.2, 0.25) is 0 Å². The summed E-state index contributed by atoms with van der Waals surface area (Å²) >= 11 is 0. The van der Waals surface area contributed by atoms with E-state index < -0.39 is 0 Å². The summed E-state index contributed by atoms with van der Waals surface area (Å²) in [4.78, 5) is 27.8. The number of aryl methyl sites for hydroxylation is 1. The highest BCUT2D eigenvalue weighted by molar-refractivity contribution is 6.00. The number of carbonyl (C=O) groups excluding carboxylic acids is 2. The van der Waals surface area contributed by atoms with Gasteiger partial charge in [0, 0.05) is 45.5 Å². The molecule has 2 amide bonds. The van der Waals surface area contributed by atoms with Gasteiger partial charge in [0.25, 0.3) is 5.91 Å². The van der Waals surface area contributed by atoms with Crippen LogP contribution in [-0.2, 0) is 11.8 Å². The number of amides is 2. The molecule has 0 radical (unpaired) electrons. The Labute approximate surface area is 135 Å². The Balaban J connectivity index is 1.87. The highest BCUT2D eigenvalue weighted by atomic mass is 16.5. The van der Waals surface area contributed by atoms with Crippen LogP contribution in [0.15, 0.2) is 24.3 Å². The number of methoxy groups -OCH3 is 1. The number of hydrogen-bond acceptors (Lipinski definition) is 3. The number of aromatic nitrogens is 1. The maximum Gasteiger partial charge on any atom is 0.270 e. The average Bonchev–Trinajstić information content (AvgIpc) is 2.91. The van der Waals surface area contributed by atoms with E-state index in [1.165, 1.54) is 0 Å². The lowest BCUT2D eigenvalue weighted by atomic mass is 10.2. The fourth-order valence-electron chi connectivity index (χ4n) is 3.14. The Morgan fingerprint density at radius 1 is 1.09 bits per heavy atom. The van der Waals surface area contributed by atoms with Gasteiger partial charge in [-0.15, -0.1) is 0 Å². The molecule has 2 aromatic rings. The van der Waals surface area contributed by atoms with Gasteiger partial charge in [-0.25, -0.2) is 0 Å². The Morgan fingerprint density at radius 2 is 1.74 bits per heavy atom. The minimum atomic E-state index is -0.00560. The Bertz CT molecular complexity index is 758. The summed E-state index contributed by atoms with van der Waals surface area (Å²) in [6.45, 7) is 3.88. The van der Waals surface area contributed by atoms with Crippen LogP contribution in [0, 0.1) is 0 Å². The van der Waals surface area contributed by atoms with Crippen molar-refractivity contribution in [2.24, 2.45) is 7.05 Å². The molecule has 6 heteroatoms. The number of rotatable bonds is 2. The zero-order valence-electron chi connectivity index (χ0n) is 13.7. The lowest BCUT2D eigenvalue weighted by Crippen LogP contribution is -2.50. The molecule has 122 valence electrons. The first kappa shape index (κ1) is 15.4. The SMILES string of the molecule is COc1cccc2cc(C(=O)N3CCN(C(C)=O)CC3)n(C)c12. The molecule has 0 unspecified atom stereocenters. The summed E-state index contributed by atoms with van der Waals surface area (Å²) in [5.74, 6) is 0.811. The summed E-state index contributed by atoms with van der Waals surface area (Å²) in [6, 6.07) is 7.68. The zero-order chi connectivity index (χ0) is 16.6. The van der Waals surface area contributed by atoms with Crippen LogP contribution in [-0.4, -0.2) is 59.5 Å². The second kappa shape index (κ2) is 5.95. The second-order valence-electron chi connectivity index (χ2n) is 5.78. The number of piperazine rings is 1. The maximum absolute atomic E-state index is 12.8. The molecule has 0 N–H and O–H groups in total. The molecule has 1 fully saturated rings. The van der Waals surface area contributed by atoms with Crippen LogP contribution >= 0.6 is 0 Å². The summed E-state index contributed by atoms with van der Waals surface area (Å²) in [5, 5.41) is 0.984. The number of para-hydroxylation sites is 1. The molecule has 0 atom stereocenters. The van der Waals surface area contributed by atoms with Crippen molar-refractivity contribution in [3.8, 4) is 5.75 Å². The minimum absolute atomic E-state index is 0.00560. The van der Waals surface area contributed by atoms with Crippen molar-refractivity contribution < 1.29 is 14.3 Å². The molecule has 1 saturated heterocycles. The molecule has 1 aromatic heterocycles. The van der Waals surface area contributed by atoms with Gasteiger partial charge in [-0.1, -0.05) is 12.1 Å². The largest absolute Gasteiger partial charge is 0.495 e. The highest BCUT2D eigenvalue weighted by Crippen LogP contribution is 2.28. The quantitative estimate of drug-likeness (QED) is 0.844. The monoisotopic (exact) mass is 315 g/mol. The maximum atomic E-state index is 12.8. The van der Waals surface area contributed by atoms with Crippen molar-refractivity contribution in [2.75, 3.05) is 33.3 Å². The van der Waals surface area contributed by atoms with Gasteiger partial charge in [0.15, 0.2) is 0 Å². The van der Waals surface area contributed by atoms with E-state index in [4.69, 9.17) is 4.74 Å². The van der Waals surface area contributed by atoms with Crippen molar-refractivity contribution in [1.82, 2.24) is 14.4 Å². The molecular weight excluding hydrogens is 294 g/mol. The van der Waals surface area contributed by atoms with E-state index in [1.807, 2.05) is 35.9 Å². The predicted octanol–water partition coefficient (Wildman–Crippen LogP) is 1.49. The molecule has 1 aliphatic heterocycles. The van der Waals surface area contributed by atoms with Gasteiger partial charge >= 0.3 is 0 Å². The molecule has 6 nitrogen and oxygen atoms in total. The van der Waals surface area contributed by atoms with Crippen LogP contribution in [0.1, 0.15) is 17.4 Å². The third-order valence-electron chi connectivity index (χ3n) is 4.47. The third kappa shape index (κ3) is 2.65. The first-order valence-corrected chi connectivity index (χ1v) is 7.70. The molecular formula is C17H21N3O3. The van der Waals surface area contributed by atoms with Crippen LogP contribution in [0.3, 0.4) is 0 Å². The third-order valence-corrected chi connectivity index (χ3v) is 4.47. The second-order valence-corrected chi connectivity index (χ2v) is 5.78. The molecule has 2 heterocycles. The fraction of sp³-hybridized carbons (Fsp3) is 0.412. The predicted molar refractivity (Wildman–Crippen MR) is 87.6 cm³/mol. The fourth-order valence-corrected chi connectivity index (χ4v) is 3.14.